The molecule has 152 valence electrons. The van der Waals surface area contributed by atoms with Crippen LogP contribution < -0.4 is 21.9 Å². The normalized spacial score (nSPS) is 12.7. The minimum absolute atomic E-state index is 0. The summed E-state index contributed by atoms with van der Waals surface area (Å²) in [6.07, 6.45) is -4.73. The van der Waals surface area contributed by atoms with Crippen molar-refractivity contribution < 1.29 is 34.9 Å². The Morgan fingerprint density at radius 1 is 1.03 bits per heavy atom. The summed E-state index contributed by atoms with van der Waals surface area (Å²) in [6.45, 7) is 0.481. The minimum Gasteiger partial charge on any atom is -1.00 e. The van der Waals surface area contributed by atoms with Crippen LogP contribution in [0.15, 0.2) is 66.7 Å². The van der Waals surface area contributed by atoms with Gasteiger partial charge in [-0.3, -0.25) is 0 Å². The van der Waals surface area contributed by atoms with Crippen LogP contribution in [-0.4, -0.2) is 12.5 Å². The maximum atomic E-state index is 13.8. The third-order valence-electron chi connectivity index (χ3n) is 4.88. The number of fused-ring (bicyclic) bond motifs is 1. The molecule has 1 aliphatic rings. The van der Waals surface area contributed by atoms with Gasteiger partial charge >= 0.3 is 17.9 Å². The van der Waals surface area contributed by atoms with Crippen LogP contribution in [0.5, 0.6) is 0 Å². The summed E-state index contributed by atoms with van der Waals surface area (Å²) in [5.41, 5.74) is -0.339. The zero-order chi connectivity index (χ0) is 20.6. The number of hydrogen-bond donors (Lipinski definition) is 0. The molecule has 0 N–H and O–H groups in total. The molecule has 3 aromatic rings. The first-order chi connectivity index (χ1) is 13.9. The number of nitriles is 1. The number of amides is 1. The molecule has 0 radical (unpaired) electrons. The highest BCUT2D eigenvalue weighted by Gasteiger charge is 2.45. The van der Waals surface area contributed by atoms with E-state index >= 15 is 0 Å². The predicted molar refractivity (Wildman–Crippen MR) is 99.9 cm³/mol. The number of nitrogens with zero attached hydrogens (tertiary/aromatic N) is 3. The molecule has 2 heterocycles. The van der Waals surface area contributed by atoms with Gasteiger partial charge in [0.05, 0.1) is 11.1 Å². The van der Waals surface area contributed by atoms with Gasteiger partial charge in [-0.1, -0.05) is 48.5 Å². The van der Waals surface area contributed by atoms with Crippen molar-refractivity contribution >= 4 is 11.7 Å². The number of aromatic nitrogens is 1. The fraction of sp³-hybridized carbons (Fsp3) is 0.136. The highest BCUT2D eigenvalue weighted by atomic mass is 35.5. The standard InChI is InChI=1S/C22H15F3N3O.ClH/c23-22(24,25)18-13-19(15-7-3-1-4-8-15)27-11-12-28(20(27)17(18)14-26)21(29)16-9-5-2-6-10-16;/h1-10,13H,11-12H2;1H/q+1;/p-1. The number of halogens is 4. The van der Waals surface area contributed by atoms with Crippen LogP contribution in [0, 0.1) is 11.3 Å². The molecule has 0 saturated heterocycles. The summed E-state index contributed by atoms with van der Waals surface area (Å²) in [7, 11) is 0. The number of carbonyl (C=O) groups excluding carboxylic acids is 1. The Balaban J connectivity index is 0.00000256. The molecule has 2 aromatic carbocycles. The Morgan fingerprint density at radius 2 is 1.63 bits per heavy atom. The zero-order valence-corrected chi connectivity index (χ0v) is 16.3. The van der Waals surface area contributed by atoms with Crippen molar-refractivity contribution in [2.75, 3.05) is 11.4 Å². The number of rotatable bonds is 2. The SMILES string of the molecule is N#Cc1c(C(F)(F)F)cc(-c2ccccc2)[n+]2c1N(C(=O)c1ccccc1)CC2.[Cl-]. The van der Waals surface area contributed by atoms with Gasteiger partial charge < -0.3 is 12.4 Å². The lowest BCUT2D eigenvalue weighted by Crippen LogP contribution is -3.00. The number of anilines is 1. The fourth-order valence-corrected chi connectivity index (χ4v) is 3.59. The summed E-state index contributed by atoms with van der Waals surface area (Å²) >= 11 is 0. The van der Waals surface area contributed by atoms with E-state index in [1.807, 2.05) is 0 Å². The maximum absolute atomic E-state index is 13.8. The number of carbonyl (C=O) groups is 1. The summed E-state index contributed by atoms with van der Waals surface area (Å²) in [6, 6.07) is 19.6. The van der Waals surface area contributed by atoms with E-state index in [4.69, 9.17) is 0 Å². The second kappa shape index (κ2) is 8.17. The average Bonchev–Trinajstić information content (AvgIpc) is 3.17. The van der Waals surface area contributed by atoms with Crippen molar-refractivity contribution in [3.05, 3.63) is 83.4 Å². The highest BCUT2D eigenvalue weighted by Crippen LogP contribution is 2.38. The van der Waals surface area contributed by atoms with Crippen molar-refractivity contribution in [1.29, 1.82) is 5.26 Å². The maximum Gasteiger partial charge on any atom is 0.418 e. The molecule has 0 bridgehead atoms. The van der Waals surface area contributed by atoms with Crippen LogP contribution in [0.4, 0.5) is 19.0 Å². The average molecular weight is 430 g/mol. The lowest BCUT2D eigenvalue weighted by molar-refractivity contribution is -0.660. The van der Waals surface area contributed by atoms with Gasteiger partial charge in [0.2, 0.25) is 0 Å². The lowest BCUT2D eigenvalue weighted by atomic mass is 10.0. The van der Waals surface area contributed by atoms with E-state index in [9.17, 15) is 23.2 Å². The molecule has 0 aliphatic carbocycles. The number of benzene rings is 2. The van der Waals surface area contributed by atoms with E-state index in [-0.39, 0.29) is 24.8 Å². The summed E-state index contributed by atoms with van der Waals surface area (Å²) < 4.78 is 43.0. The molecular weight excluding hydrogens is 415 g/mol. The molecule has 0 atom stereocenters. The summed E-state index contributed by atoms with van der Waals surface area (Å²) in [4.78, 5) is 14.3. The summed E-state index contributed by atoms with van der Waals surface area (Å²) in [5.74, 6) is -0.457. The number of hydrogen-bond acceptors (Lipinski definition) is 2. The first-order valence-electron chi connectivity index (χ1n) is 8.92. The van der Waals surface area contributed by atoms with Gasteiger partial charge in [0.1, 0.15) is 24.9 Å². The molecular formula is C22H15ClF3N3O. The molecule has 8 heteroatoms. The second-order valence-electron chi connectivity index (χ2n) is 6.59. The highest BCUT2D eigenvalue weighted by molar-refractivity contribution is 6.06. The molecule has 0 spiro atoms. The van der Waals surface area contributed by atoms with Crippen molar-refractivity contribution in [3.8, 4) is 17.3 Å². The first-order valence-corrected chi connectivity index (χ1v) is 8.92. The van der Waals surface area contributed by atoms with Crippen molar-refractivity contribution in [2.24, 2.45) is 0 Å². The van der Waals surface area contributed by atoms with E-state index in [0.717, 1.165) is 6.07 Å². The minimum atomic E-state index is -4.73. The Bertz CT molecular complexity index is 1130. The van der Waals surface area contributed by atoms with Gasteiger partial charge in [-0.15, -0.1) is 0 Å². The molecule has 1 amide bonds. The van der Waals surface area contributed by atoms with E-state index < -0.39 is 23.2 Å². The fourth-order valence-electron chi connectivity index (χ4n) is 3.59. The van der Waals surface area contributed by atoms with E-state index in [2.05, 4.69) is 0 Å². The van der Waals surface area contributed by atoms with Gasteiger partial charge in [-0.2, -0.15) is 23.3 Å². The molecule has 1 aromatic heterocycles. The Labute approximate surface area is 177 Å². The van der Waals surface area contributed by atoms with Gasteiger partial charge in [-0.05, 0) is 18.2 Å². The van der Waals surface area contributed by atoms with Gasteiger partial charge in [0, 0.05) is 5.56 Å². The van der Waals surface area contributed by atoms with E-state index in [1.165, 1.54) is 4.90 Å². The third-order valence-corrected chi connectivity index (χ3v) is 4.88. The quantitative estimate of drug-likeness (QED) is 0.575. The van der Waals surface area contributed by atoms with Crippen LogP contribution in [-0.2, 0) is 12.7 Å². The van der Waals surface area contributed by atoms with Crippen LogP contribution in [0.1, 0.15) is 21.5 Å². The van der Waals surface area contributed by atoms with Crippen LogP contribution in [0.25, 0.3) is 11.3 Å². The van der Waals surface area contributed by atoms with Crippen molar-refractivity contribution in [1.82, 2.24) is 0 Å². The molecule has 1 aliphatic heterocycles. The molecule has 0 fully saturated rings. The van der Waals surface area contributed by atoms with Crippen molar-refractivity contribution in [2.45, 2.75) is 12.7 Å². The van der Waals surface area contributed by atoms with E-state index in [0.29, 0.717) is 23.4 Å². The van der Waals surface area contributed by atoms with Crippen molar-refractivity contribution in [3.63, 3.8) is 0 Å². The summed E-state index contributed by atoms with van der Waals surface area (Å²) in [5, 5.41) is 9.58. The van der Waals surface area contributed by atoms with Crippen LogP contribution >= 0.6 is 0 Å². The smallest absolute Gasteiger partial charge is 0.418 e. The van der Waals surface area contributed by atoms with Gasteiger partial charge in [-0.25, -0.2) is 9.36 Å². The Hall–Kier alpha value is -3.37. The Kier molecular flexibility index (Phi) is 5.81. The monoisotopic (exact) mass is 429 g/mol. The molecule has 0 saturated carbocycles. The first kappa shape index (κ1) is 21.3. The molecule has 4 rings (SSSR count). The zero-order valence-electron chi connectivity index (χ0n) is 15.5. The number of pyridine rings is 1. The number of alkyl halides is 3. The predicted octanol–water partition coefficient (Wildman–Crippen LogP) is 1.20. The molecule has 4 nitrogen and oxygen atoms in total. The van der Waals surface area contributed by atoms with Crippen LogP contribution in [0.3, 0.4) is 0 Å². The molecule has 30 heavy (non-hydrogen) atoms. The lowest BCUT2D eigenvalue weighted by Gasteiger charge is -2.16. The van der Waals surface area contributed by atoms with E-state index in [1.54, 1.807) is 71.3 Å². The Morgan fingerprint density at radius 3 is 2.20 bits per heavy atom. The third kappa shape index (κ3) is 3.62. The largest absolute Gasteiger partial charge is 1.00 e. The topological polar surface area (TPSA) is 48.0 Å². The van der Waals surface area contributed by atoms with Crippen LogP contribution in [0.2, 0.25) is 0 Å². The second-order valence-corrected chi connectivity index (χ2v) is 6.59. The van der Waals surface area contributed by atoms with Gasteiger partial charge in [0.15, 0.2) is 5.56 Å². The molecule has 0 unspecified atom stereocenters. The van der Waals surface area contributed by atoms with Gasteiger partial charge in [0.25, 0.3) is 0 Å².